The molecular weight excluding hydrogens is 450 g/mol. The van der Waals surface area contributed by atoms with Crippen molar-refractivity contribution in [2.24, 2.45) is 0 Å². The molecule has 0 aromatic carbocycles. The van der Waals surface area contributed by atoms with Crippen LogP contribution >= 0.6 is 22.7 Å². The third kappa shape index (κ3) is 4.73. The Morgan fingerprint density at radius 3 is 2.66 bits per heavy atom. The van der Waals surface area contributed by atoms with Crippen molar-refractivity contribution >= 4 is 49.9 Å². The molecule has 1 aliphatic carbocycles. The van der Waals surface area contributed by atoms with Crippen molar-refractivity contribution in [3.8, 4) is 0 Å². The maximum absolute atomic E-state index is 13.0. The Kier molecular flexibility index (Phi) is 6.66. The first kappa shape index (κ1) is 22.5. The number of anilines is 1. The molecule has 0 unspecified atom stereocenters. The highest BCUT2D eigenvalue weighted by atomic mass is 32.1. The van der Waals surface area contributed by atoms with Crippen LogP contribution in [0.25, 0.3) is 10.2 Å². The van der Waals surface area contributed by atoms with Gasteiger partial charge in [0.25, 0.3) is 5.56 Å². The number of aromatic nitrogens is 4. The Bertz CT molecular complexity index is 1210. The maximum Gasteiger partial charge on any atom is 0.348 e. The van der Waals surface area contributed by atoms with E-state index in [4.69, 9.17) is 4.74 Å². The van der Waals surface area contributed by atoms with Crippen LogP contribution in [0.5, 0.6) is 0 Å². The lowest BCUT2D eigenvalue weighted by Crippen LogP contribution is -2.28. The van der Waals surface area contributed by atoms with Crippen LogP contribution in [-0.4, -0.2) is 37.7 Å². The fraction of sp³-hybridized carbons (Fsp3) is 0.524. The van der Waals surface area contributed by atoms with Gasteiger partial charge in [0.15, 0.2) is 0 Å². The number of fused-ring (bicyclic) bond motifs is 1. The highest BCUT2D eigenvalue weighted by Crippen LogP contribution is 2.29. The van der Waals surface area contributed by atoms with Gasteiger partial charge in [-0.05, 0) is 38.2 Å². The van der Waals surface area contributed by atoms with Gasteiger partial charge in [0.05, 0.1) is 11.7 Å². The zero-order valence-electron chi connectivity index (χ0n) is 18.2. The first-order valence-electron chi connectivity index (χ1n) is 10.7. The van der Waals surface area contributed by atoms with Crippen molar-refractivity contribution in [2.45, 2.75) is 71.4 Å². The number of hydrogen-bond donors (Lipinski definition) is 1. The number of carbonyl (C=O) groups is 2. The Labute approximate surface area is 192 Å². The topological polar surface area (TPSA) is 116 Å². The maximum atomic E-state index is 13.0. The van der Waals surface area contributed by atoms with Crippen molar-refractivity contribution in [3.05, 3.63) is 32.1 Å². The number of hydrogen-bond acceptors (Lipinski definition) is 9. The van der Waals surface area contributed by atoms with Gasteiger partial charge in [0.1, 0.15) is 27.4 Å². The first-order chi connectivity index (χ1) is 15.3. The number of carbonyl (C=O) groups excluding carboxylic acids is 2. The Morgan fingerprint density at radius 2 is 1.97 bits per heavy atom. The van der Waals surface area contributed by atoms with Gasteiger partial charge in [-0.3, -0.25) is 19.5 Å². The van der Waals surface area contributed by atoms with Gasteiger partial charge < -0.3 is 4.74 Å². The molecule has 11 heteroatoms. The molecule has 0 radical (unpaired) electrons. The number of aryl methyl sites for hydroxylation is 1. The molecule has 0 bridgehead atoms. The second-order valence-corrected chi connectivity index (χ2v) is 10.2. The molecule has 1 N–H and O–H groups in total. The summed E-state index contributed by atoms with van der Waals surface area (Å²) in [6.07, 6.45) is 6.32. The molecule has 4 rings (SSSR count). The van der Waals surface area contributed by atoms with Gasteiger partial charge >= 0.3 is 5.97 Å². The van der Waals surface area contributed by atoms with Gasteiger partial charge in [0.2, 0.25) is 11.0 Å². The van der Waals surface area contributed by atoms with Crippen molar-refractivity contribution < 1.29 is 14.3 Å². The van der Waals surface area contributed by atoms with E-state index in [1.165, 1.54) is 28.7 Å². The lowest BCUT2D eigenvalue weighted by Gasteiger charge is -2.21. The zero-order chi connectivity index (χ0) is 22.8. The molecule has 0 saturated heterocycles. The lowest BCUT2D eigenvalue weighted by molar-refractivity contribution is -0.116. The number of ether oxygens (including phenoxy) is 1. The molecule has 0 aliphatic heterocycles. The van der Waals surface area contributed by atoms with E-state index in [9.17, 15) is 14.4 Å². The Morgan fingerprint density at radius 1 is 1.22 bits per heavy atom. The Hall–Kier alpha value is -2.66. The summed E-state index contributed by atoms with van der Waals surface area (Å²) < 4.78 is 6.90. The summed E-state index contributed by atoms with van der Waals surface area (Å²) in [6.45, 7) is 5.50. The van der Waals surface area contributed by atoms with Gasteiger partial charge in [-0.25, -0.2) is 9.78 Å². The van der Waals surface area contributed by atoms with E-state index >= 15 is 0 Å². The summed E-state index contributed by atoms with van der Waals surface area (Å²) in [7, 11) is 0. The van der Waals surface area contributed by atoms with E-state index in [1.807, 2.05) is 13.8 Å². The van der Waals surface area contributed by atoms with E-state index in [-0.39, 0.29) is 24.1 Å². The summed E-state index contributed by atoms with van der Waals surface area (Å²) in [4.78, 5) is 43.3. The summed E-state index contributed by atoms with van der Waals surface area (Å²) in [5.74, 6) is -0.587. The van der Waals surface area contributed by atoms with Crippen LogP contribution in [0.2, 0.25) is 0 Å². The number of esters is 1. The first-order valence-corrected chi connectivity index (χ1v) is 12.3. The van der Waals surface area contributed by atoms with Crippen LogP contribution in [0.4, 0.5) is 5.13 Å². The molecule has 3 aromatic heterocycles. The second-order valence-electron chi connectivity index (χ2n) is 8.23. The minimum Gasteiger partial charge on any atom is -0.458 e. The molecule has 32 heavy (non-hydrogen) atoms. The van der Waals surface area contributed by atoms with Crippen LogP contribution < -0.4 is 10.9 Å². The standard InChI is InChI=1S/C21H25N5O4S2/c1-11(2)17-24-25-21(32-17)23-14(27)9-26-10-22-18-15(19(26)28)12(3)16(31-18)20(29)30-13-7-5-4-6-8-13/h10-11,13H,4-9H2,1-3H3,(H,23,25,27). The number of nitrogens with zero attached hydrogens (tertiary/aromatic N) is 4. The highest BCUT2D eigenvalue weighted by molar-refractivity contribution is 7.20. The number of thiophene rings is 1. The average Bonchev–Trinajstić information content (AvgIpc) is 3.36. The summed E-state index contributed by atoms with van der Waals surface area (Å²) in [5, 5.41) is 12.2. The Balaban J connectivity index is 1.51. The van der Waals surface area contributed by atoms with E-state index < -0.39 is 11.9 Å². The number of amides is 1. The highest BCUT2D eigenvalue weighted by Gasteiger charge is 2.24. The minimum atomic E-state index is -0.404. The fourth-order valence-corrected chi connectivity index (χ4v) is 5.47. The van der Waals surface area contributed by atoms with Gasteiger partial charge in [-0.1, -0.05) is 31.6 Å². The summed E-state index contributed by atoms with van der Waals surface area (Å²) in [6, 6.07) is 0. The molecule has 1 amide bonds. The van der Waals surface area contributed by atoms with E-state index in [0.29, 0.717) is 25.8 Å². The van der Waals surface area contributed by atoms with E-state index in [2.05, 4.69) is 20.5 Å². The molecule has 3 aromatic rings. The molecule has 170 valence electrons. The third-order valence-corrected chi connectivity index (χ3v) is 7.74. The fourth-order valence-electron chi connectivity index (χ4n) is 3.69. The second kappa shape index (κ2) is 9.45. The smallest absolute Gasteiger partial charge is 0.348 e. The predicted octanol–water partition coefficient (Wildman–Crippen LogP) is 3.87. The minimum absolute atomic E-state index is 0.0641. The largest absolute Gasteiger partial charge is 0.458 e. The third-order valence-electron chi connectivity index (χ3n) is 5.42. The van der Waals surface area contributed by atoms with E-state index in [1.54, 1.807) is 6.92 Å². The van der Waals surface area contributed by atoms with E-state index in [0.717, 1.165) is 42.0 Å². The predicted molar refractivity (Wildman–Crippen MR) is 124 cm³/mol. The normalized spacial score (nSPS) is 14.8. The lowest BCUT2D eigenvalue weighted by atomic mass is 9.98. The molecule has 1 saturated carbocycles. The van der Waals surface area contributed by atoms with Crippen molar-refractivity contribution in [1.29, 1.82) is 0 Å². The zero-order valence-corrected chi connectivity index (χ0v) is 19.8. The van der Waals surface area contributed by atoms with Crippen molar-refractivity contribution in [2.75, 3.05) is 5.32 Å². The summed E-state index contributed by atoms with van der Waals surface area (Å²) in [5.41, 5.74) is 0.180. The van der Waals surface area contributed by atoms with Gasteiger partial charge in [-0.2, -0.15) is 0 Å². The van der Waals surface area contributed by atoms with Crippen LogP contribution in [0.15, 0.2) is 11.1 Å². The molecule has 1 aliphatic rings. The van der Waals surface area contributed by atoms with Crippen LogP contribution in [0.1, 0.15) is 72.1 Å². The number of rotatable bonds is 6. The molecule has 0 spiro atoms. The van der Waals surface area contributed by atoms with Gasteiger partial charge in [-0.15, -0.1) is 21.5 Å². The molecular formula is C21H25N5O4S2. The quantitative estimate of drug-likeness (QED) is 0.538. The summed E-state index contributed by atoms with van der Waals surface area (Å²) >= 11 is 2.46. The molecule has 9 nitrogen and oxygen atoms in total. The molecule has 0 atom stereocenters. The SMILES string of the molecule is Cc1c(C(=O)OC2CCCCC2)sc2ncn(CC(=O)Nc3nnc(C(C)C)s3)c(=O)c12. The van der Waals surface area contributed by atoms with Crippen LogP contribution in [0.3, 0.4) is 0 Å². The van der Waals surface area contributed by atoms with Gasteiger partial charge in [0, 0.05) is 5.92 Å². The monoisotopic (exact) mass is 475 g/mol. The average molecular weight is 476 g/mol. The van der Waals surface area contributed by atoms with Crippen LogP contribution in [-0.2, 0) is 16.1 Å². The molecule has 3 heterocycles. The molecule has 1 fully saturated rings. The number of nitrogens with one attached hydrogen (secondary N) is 1. The van der Waals surface area contributed by atoms with Crippen molar-refractivity contribution in [1.82, 2.24) is 19.7 Å². The van der Waals surface area contributed by atoms with Crippen LogP contribution in [0, 0.1) is 6.92 Å². The van der Waals surface area contributed by atoms with Crippen molar-refractivity contribution in [3.63, 3.8) is 0 Å².